The van der Waals surface area contributed by atoms with E-state index in [0.717, 1.165) is 5.06 Å². The Hall–Kier alpha value is -1.49. The van der Waals surface area contributed by atoms with E-state index in [4.69, 9.17) is 4.84 Å². The van der Waals surface area contributed by atoms with E-state index >= 15 is 0 Å². The second-order valence-corrected chi connectivity index (χ2v) is 2.90. The number of amides is 1. The van der Waals surface area contributed by atoms with E-state index in [9.17, 15) is 14.4 Å². The van der Waals surface area contributed by atoms with Crippen molar-refractivity contribution in [3.8, 4) is 0 Å². The van der Waals surface area contributed by atoms with Gasteiger partial charge in [-0.25, -0.2) is 5.06 Å². The van der Waals surface area contributed by atoms with Gasteiger partial charge in [-0.05, 0) is 0 Å². The van der Waals surface area contributed by atoms with Crippen LogP contribution in [-0.2, 0) is 19.2 Å². The van der Waals surface area contributed by atoms with Crippen molar-refractivity contribution in [2.24, 2.45) is 5.92 Å². The van der Waals surface area contributed by atoms with E-state index in [1.165, 1.54) is 6.08 Å². The van der Waals surface area contributed by atoms with Crippen LogP contribution in [0, 0.1) is 5.92 Å². The van der Waals surface area contributed by atoms with Gasteiger partial charge in [0, 0.05) is 0 Å². The Morgan fingerprint density at radius 1 is 1.38 bits per heavy atom. The van der Waals surface area contributed by atoms with Gasteiger partial charge in [-0.15, -0.1) is 6.58 Å². The average molecular weight is 181 g/mol. The number of hydrogen-bond donors (Lipinski definition) is 0. The van der Waals surface area contributed by atoms with Gasteiger partial charge in [0.1, 0.15) is 12.0 Å². The summed E-state index contributed by atoms with van der Waals surface area (Å²) >= 11 is 0. The minimum absolute atomic E-state index is 0.163. The van der Waals surface area contributed by atoms with Gasteiger partial charge in [-0.1, -0.05) is 6.08 Å². The molecule has 2 atom stereocenters. The Morgan fingerprint density at radius 3 is 2.69 bits per heavy atom. The predicted octanol–water partition coefficient (Wildman–Crippen LogP) is -0.917. The van der Waals surface area contributed by atoms with Crippen molar-refractivity contribution in [3.05, 3.63) is 12.7 Å². The average Bonchev–Trinajstić information content (AvgIpc) is 2.13. The zero-order valence-corrected chi connectivity index (χ0v) is 6.73. The Morgan fingerprint density at radius 2 is 2.08 bits per heavy atom. The van der Waals surface area contributed by atoms with Crippen molar-refractivity contribution in [1.29, 1.82) is 0 Å². The fourth-order valence-corrected chi connectivity index (χ4v) is 1.46. The van der Waals surface area contributed by atoms with E-state index in [1.807, 2.05) is 0 Å². The Labute approximate surface area is 73.9 Å². The smallest absolute Gasteiger partial charge is 0.260 e. The number of carbonyl (C=O) groups is 3. The van der Waals surface area contributed by atoms with Gasteiger partial charge in [0.2, 0.25) is 11.6 Å². The maximum atomic E-state index is 11.1. The molecule has 13 heavy (non-hydrogen) atoms. The van der Waals surface area contributed by atoms with Crippen LogP contribution >= 0.6 is 0 Å². The number of carbonyl (C=O) groups excluding carboxylic acids is 3. The highest BCUT2D eigenvalue weighted by atomic mass is 16.7. The minimum Gasteiger partial charge on any atom is -0.290 e. The largest absolute Gasteiger partial charge is 0.290 e. The molecule has 1 aliphatic carbocycles. The summed E-state index contributed by atoms with van der Waals surface area (Å²) in [6.07, 6.45) is 1.46. The van der Waals surface area contributed by atoms with Gasteiger partial charge in [0.15, 0.2) is 0 Å². The van der Waals surface area contributed by atoms with E-state index in [1.54, 1.807) is 0 Å². The molecule has 2 aliphatic rings. The molecule has 5 nitrogen and oxygen atoms in total. The normalized spacial score (nSPS) is 30.8. The standard InChI is InChI=1S/C8H7NO4/c1-2-3-13-9-5-4(8(9)12)6(10)7(5)11/h2,4-5H,1,3H2. The van der Waals surface area contributed by atoms with Gasteiger partial charge in [0.25, 0.3) is 5.91 Å². The van der Waals surface area contributed by atoms with E-state index < -0.39 is 29.4 Å². The third-order valence-corrected chi connectivity index (χ3v) is 2.18. The molecule has 0 spiro atoms. The number of rotatable bonds is 3. The molecule has 5 heteroatoms. The van der Waals surface area contributed by atoms with Crippen LogP contribution in [0.2, 0.25) is 0 Å². The van der Waals surface area contributed by atoms with Crippen LogP contribution in [0.5, 0.6) is 0 Å². The first-order valence-corrected chi connectivity index (χ1v) is 3.83. The summed E-state index contributed by atoms with van der Waals surface area (Å²) in [6.45, 7) is 3.56. The van der Waals surface area contributed by atoms with Gasteiger partial charge >= 0.3 is 0 Å². The lowest BCUT2D eigenvalue weighted by atomic mass is 9.69. The molecule has 68 valence electrons. The molecule has 0 bridgehead atoms. The van der Waals surface area contributed by atoms with Crippen molar-refractivity contribution in [2.75, 3.05) is 6.61 Å². The molecule has 1 aliphatic heterocycles. The van der Waals surface area contributed by atoms with Crippen molar-refractivity contribution in [3.63, 3.8) is 0 Å². The lowest BCUT2D eigenvalue weighted by Gasteiger charge is -2.48. The summed E-state index contributed by atoms with van der Waals surface area (Å²) < 4.78 is 0. The number of hydroxylamine groups is 2. The van der Waals surface area contributed by atoms with Crippen molar-refractivity contribution in [2.45, 2.75) is 6.04 Å². The molecule has 0 aromatic carbocycles. The Balaban J connectivity index is 2.02. The molecule has 0 radical (unpaired) electrons. The van der Waals surface area contributed by atoms with Crippen LogP contribution in [0.25, 0.3) is 0 Å². The number of Topliss-reactive ketones (excluding diaryl/α,β-unsaturated/α-hetero) is 2. The van der Waals surface area contributed by atoms with Crippen LogP contribution in [0.4, 0.5) is 0 Å². The third-order valence-electron chi connectivity index (χ3n) is 2.18. The predicted molar refractivity (Wildman–Crippen MR) is 40.3 cm³/mol. The lowest BCUT2D eigenvalue weighted by molar-refractivity contribution is -0.243. The number of hydrogen-bond acceptors (Lipinski definition) is 4. The summed E-state index contributed by atoms with van der Waals surface area (Å²) in [5, 5.41) is 0.954. The number of β-lactam (4-membered cyclic amide) rings is 1. The number of piperidine rings is 1. The molecule has 2 rings (SSSR count). The molecule has 2 fully saturated rings. The van der Waals surface area contributed by atoms with E-state index in [0.29, 0.717) is 0 Å². The Bertz CT molecular complexity index is 322. The lowest BCUT2D eigenvalue weighted by Crippen LogP contribution is -2.76. The van der Waals surface area contributed by atoms with Crippen LogP contribution in [-0.4, -0.2) is 35.2 Å². The molecular weight excluding hydrogens is 174 g/mol. The molecule has 1 saturated carbocycles. The highest BCUT2D eigenvalue weighted by Gasteiger charge is 2.67. The monoisotopic (exact) mass is 181 g/mol. The zero-order valence-electron chi connectivity index (χ0n) is 6.73. The summed E-state index contributed by atoms with van der Waals surface area (Å²) in [7, 11) is 0. The fraction of sp³-hybridized carbons (Fsp3) is 0.375. The molecule has 0 aromatic heterocycles. The van der Waals surface area contributed by atoms with Crippen molar-refractivity contribution in [1.82, 2.24) is 5.06 Å². The summed E-state index contributed by atoms with van der Waals surface area (Å²) in [4.78, 5) is 37.6. The highest BCUT2D eigenvalue weighted by Crippen LogP contribution is 2.37. The third kappa shape index (κ3) is 0.818. The minimum atomic E-state index is -0.752. The molecule has 1 amide bonds. The van der Waals surface area contributed by atoms with Gasteiger partial charge in [0.05, 0.1) is 6.61 Å². The summed E-state index contributed by atoms with van der Waals surface area (Å²) in [5.74, 6) is -2.30. The first kappa shape index (κ1) is 8.12. The van der Waals surface area contributed by atoms with E-state index in [2.05, 4.69) is 6.58 Å². The SMILES string of the molecule is C=CCON1C(=O)C2C(=O)C(=O)C21. The molecular formula is C8H7NO4. The van der Waals surface area contributed by atoms with Gasteiger partial charge in [-0.2, -0.15) is 0 Å². The van der Waals surface area contributed by atoms with Gasteiger partial charge in [-0.3, -0.25) is 19.2 Å². The topological polar surface area (TPSA) is 63.7 Å². The van der Waals surface area contributed by atoms with Crippen LogP contribution < -0.4 is 0 Å². The second kappa shape index (κ2) is 2.50. The maximum Gasteiger partial charge on any atom is 0.260 e. The number of fused-ring (bicyclic) bond motifs is 1. The van der Waals surface area contributed by atoms with Crippen LogP contribution in [0.3, 0.4) is 0 Å². The van der Waals surface area contributed by atoms with Crippen LogP contribution in [0.15, 0.2) is 12.7 Å². The molecule has 2 unspecified atom stereocenters. The van der Waals surface area contributed by atoms with Crippen molar-refractivity contribution >= 4 is 17.5 Å². The zero-order chi connectivity index (χ0) is 9.59. The number of nitrogens with zero attached hydrogens (tertiary/aromatic N) is 1. The second-order valence-electron chi connectivity index (χ2n) is 2.90. The molecule has 1 saturated heterocycles. The van der Waals surface area contributed by atoms with E-state index in [-0.39, 0.29) is 6.61 Å². The quantitative estimate of drug-likeness (QED) is 0.244. The van der Waals surface area contributed by atoms with Crippen molar-refractivity contribution < 1.29 is 19.2 Å². The highest BCUT2D eigenvalue weighted by molar-refractivity contribution is 6.54. The summed E-state index contributed by atoms with van der Waals surface area (Å²) in [5.41, 5.74) is 0. The molecule has 1 heterocycles. The first-order chi connectivity index (χ1) is 6.18. The van der Waals surface area contributed by atoms with Gasteiger partial charge < -0.3 is 0 Å². The summed E-state index contributed by atoms with van der Waals surface area (Å²) in [6, 6.07) is -0.653. The first-order valence-electron chi connectivity index (χ1n) is 3.83. The maximum absolute atomic E-state index is 11.1. The fourth-order valence-electron chi connectivity index (χ4n) is 1.46. The molecule has 0 aromatic rings. The number of ketones is 2. The van der Waals surface area contributed by atoms with Crippen LogP contribution in [0.1, 0.15) is 0 Å². The Kier molecular flexibility index (Phi) is 1.56. The molecule has 0 N–H and O–H groups in total.